The van der Waals surface area contributed by atoms with E-state index in [9.17, 15) is 0 Å². The summed E-state index contributed by atoms with van der Waals surface area (Å²) < 4.78 is 0. The molecule has 1 aromatic rings. The van der Waals surface area contributed by atoms with Crippen LogP contribution in [0.1, 0.15) is 44.0 Å². The van der Waals surface area contributed by atoms with Gasteiger partial charge < -0.3 is 4.98 Å². The maximum Gasteiger partial charge on any atom is 0.0685 e. The molecule has 1 aliphatic rings. The summed E-state index contributed by atoms with van der Waals surface area (Å²) >= 11 is 0. The van der Waals surface area contributed by atoms with Gasteiger partial charge >= 0.3 is 0 Å². The summed E-state index contributed by atoms with van der Waals surface area (Å²) in [7, 11) is 0. The average molecular weight is 228 g/mol. The molecule has 0 bridgehead atoms. The van der Waals surface area contributed by atoms with E-state index in [1.54, 1.807) is 0 Å². The highest BCUT2D eigenvalue weighted by atomic mass is 14.8. The number of aryl methyl sites for hydroxylation is 1. The van der Waals surface area contributed by atoms with E-state index in [0.717, 1.165) is 18.5 Å². The van der Waals surface area contributed by atoms with E-state index in [4.69, 9.17) is 0 Å². The molecule has 0 saturated heterocycles. The molecule has 0 spiro atoms. The number of aromatic amines is 1. The molecule has 2 rings (SSSR count). The molecule has 0 aromatic carbocycles. The van der Waals surface area contributed by atoms with Crippen LogP contribution in [0.25, 0.3) is 6.08 Å². The molecular weight excluding hydrogens is 208 g/mol. The van der Waals surface area contributed by atoms with Crippen molar-refractivity contribution in [2.45, 2.75) is 40.5 Å². The van der Waals surface area contributed by atoms with Gasteiger partial charge in [-0.2, -0.15) is 0 Å². The van der Waals surface area contributed by atoms with E-state index in [0.29, 0.717) is 0 Å². The van der Waals surface area contributed by atoms with Crippen molar-refractivity contribution in [3.8, 4) is 0 Å². The first-order chi connectivity index (χ1) is 8.17. The Morgan fingerprint density at radius 1 is 1.24 bits per heavy atom. The number of rotatable bonds is 3. The standard InChI is InChI=1S/C15H20N2/c1-5-12-9-17-14(11(12)4)7-15-13(6-2)10(3)8-16-15/h7-9,17H,5-6H2,1-4H3/b15-7-. The lowest BCUT2D eigenvalue weighted by Gasteiger charge is -2.02. The molecule has 2 heteroatoms. The molecule has 0 unspecified atom stereocenters. The Hall–Kier alpha value is -1.57. The first-order valence-electron chi connectivity index (χ1n) is 6.30. The molecule has 0 aliphatic carbocycles. The van der Waals surface area contributed by atoms with Gasteiger partial charge in [-0.05, 0) is 55.0 Å². The van der Waals surface area contributed by atoms with Gasteiger partial charge in [-0.3, -0.25) is 4.99 Å². The number of hydrogen-bond donors (Lipinski definition) is 1. The summed E-state index contributed by atoms with van der Waals surface area (Å²) in [6.45, 7) is 8.66. The lowest BCUT2D eigenvalue weighted by atomic mass is 10.0. The van der Waals surface area contributed by atoms with Crippen LogP contribution in [0.3, 0.4) is 0 Å². The minimum absolute atomic E-state index is 1.04. The smallest absolute Gasteiger partial charge is 0.0685 e. The molecule has 2 nitrogen and oxygen atoms in total. The second-order valence-corrected chi connectivity index (χ2v) is 4.51. The summed E-state index contributed by atoms with van der Waals surface area (Å²) in [6, 6.07) is 0. The van der Waals surface area contributed by atoms with Crippen LogP contribution in [0, 0.1) is 6.92 Å². The van der Waals surface area contributed by atoms with Gasteiger partial charge in [0, 0.05) is 18.1 Å². The van der Waals surface area contributed by atoms with Crippen LogP contribution in [0.15, 0.2) is 28.0 Å². The SMILES string of the molecule is CCC1=C(C)C=N/C1=C\c1[nH]cc(CC)c1C. The topological polar surface area (TPSA) is 28.1 Å². The van der Waals surface area contributed by atoms with Gasteiger partial charge in [0.05, 0.1) is 5.70 Å². The fourth-order valence-electron chi connectivity index (χ4n) is 2.32. The summed E-state index contributed by atoms with van der Waals surface area (Å²) in [4.78, 5) is 7.82. The second kappa shape index (κ2) is 4.74. The summed E-state index contributed by atoms with van der Waals surface area (Å²) in [6.07, 6.45) is 8.34. The van der Waals surface area contributed by atoms with Gasteiger partial charge in [0.15, 0.2) is 0 Å². The van der Waals surface area contributed by atoms with Crippen LogP contribution >= 0.6 is 0 Å². The average Bonchev–Trinajstić information content (AvgIpc) is 2.84. The Kier molecular flexibility index (Phi) is 3.32. The normalized spacial score (nSPS) is 17.5. The molecule has 17 heavy (non-hydrogen) atoms. The number of aromatic nitrogens is 1. The maximum atomic E-state index is 4.48. The number of allylic oxidation sites excluding steroid dienone is 2. The van der Waals surface area contributed by atoms with E-state index < -0.39 is 0 Å². The molecule has 0 atom stereocenters. The number of H-pyrrole nitrogens is 1. The Bertz CT molecular complexity index is 513. The summed E-state index contributed by atoms with van der Waals surface area (Å²) in [5.41, 5.74) is 7.68. The fourth-order valence-corrected chi connectivity index (χ4v) is 2.32. The zero-order valence-electron chi connectivity index (χ0n) is 11.1. The van der Waals surface area contributed by atoms with E-state index in [1.165, 1.54) is 28.0 Å². The number of aliphatic imine (C=N–C) groups is 1. The summed E-state index contributed by atoms with van der Waals surface area (Å²) in [5, 5.41) is 0. The highest BCUT2D eigenvalue weighted by molar-refractivity contribution is 5.87. The summed E-state index contributed by atoms with van der Waals surface area (Å²) in [5.74, 6) is 0. The Labute approximate surface area is 103 Å². The molecule has 1 aromatic heterocycles. The number of nitrogens with one attached hydrogen (secondary N) is 1. The number of hydrogen-bond acceptors (Lipinski definition) is 1. The van der Waals surface area contributed by atoms with Gasteiger partial charge in [0.1, 0.15) is 0 Å². The largest absolute Gasteiger partial charge is 0.361 e. The van der Waals surface area contributed by atoms with Crippen molar-refractivity contribution < 1.29 is 0 Å². The zero-order valence-corrected chi connectivity index (χ0v) is 11.1. The molecule has 0 saturated carbocycles. The van der Waals surface area contributed by atoms with Crippen LogP contribution < -0.4 is 0 Å². The molecule has 90 valence electrons. The monoisotopic (exact) mass is 228 g/mol. The molecular formula is C15H20N2. The van der Waals surface area contributed by atoms with Crippen molar-refractivity contribution in [3.63, 3.8) is 0 Å². The predicted molar refractivity (Wildman–Crippen MR) is 74.4 cm³/mol. The van der Waals surface area contributed by atoms with Gasteiger partial charge in [-0.1, -0.05) is 13.8 Å². The highest BCUT2D eigenvalue weighted by Crippen LogP contribution is 2.27. The van der Waals surface area contributed by atoms with E-state index in [-0.39, 0.29) is 0 Å². The van der Waals surface area contributed by atoms with E-state index >= 15 is 0 Å². The van der Waals surface area contributed by atoms with Gasteiger partial charge in [0.25, 0.3) is 0 Å². The predicted octanol–water partition coefficient (Wildman–Crippen LogP) is 4.04. The quantitative estimate of drug-likeness (QED) is 0.809. The Balaban J connectivity index is 2.38. The van der Waals surface area contributed by atoms with Gasteiger partial charge in [-0.25, -0.2) is 0 Å². The van der Waals surface area contributed by atoms with Gasteiger partial charge in [0.2, 0.25) is 0 Å². The number of nitrogens with zero attached hydrogens (tertiary/aromatic N) is 1. The fraction of sp³-hybridized carbons (Fsp3) is 0.400. The van der Waals surface area contributed by atoms with Crippen LogP contribution in [-0.2, 0) is 6.42 Å². The maximum absolute atomic E-state index is 4.48. The first kappa shape index (κ1) is 11.9. The molecule has 0 radical (unpaired) electrons. The van der Waals surface area contributed by atoms with Crippen LogP contribution in [0.4, 0.5) is 0 Å². The lowest BCUT2D eigenvalue weighted by Crippen LogP contribution is -1.86. The van der Waals surface area contributed by atoms with Crippen molar-refractivity contribution in [2.24, 2.45) is 4.99 Å². The van der Waals surface area contributed by atoms with Crippen molar-refractivity contribution in [1.82, 2.24) is 4.98 Å². The van der Waals surface area contributed by atoms with E-state index in [1.807, 2.05) is 6.21 Å². The Morgan fingerprint density at radius 2 is 2.00 bits per heavy atom. The highest BCUT2D eigenvalue weighted by Gasteiger charge is 2.12. The lowest BCUT2D eigenvalue weighted by molar-refractivity contribution is 1.10. The Morgan fingerprint density at radius 3 is 2.59 bits per heavy atom. The third-order valence-corrected chi connectivity index (χ3v) is 3.49. The van der Waals surface area contributed by atoms with Gasteiger partial charge in [-0.15, -0.1) is 0 Å². The third kappa shape index (κ3) is 2.12. The third-order valence-electron chi connectivity index (χ3n) is 3.49. The van der Waals surface area contributed by atoms with Crippen molar-refractivity contribution >= 4 is 12.3 Å². The van der Waals surface area contributed by atoms with Crippen molar-refractivity contribution in [1.29, 1.82) is 0 Å². The molecule has 2 heterocycles. The van der Waals surface area contributed by atoms with Crippen molar-refractivity contribution in [3.05, 3.63) is 39.9 Å². The molecule has 0 amide bonds. The van der Waals surface area contributed by atoms with Crippen LogP contribution in [0.2, 0.25) is 0 Å². The van der Waals surface area contributed by atoms with Crippen molar-refractivity contribution in [2.75, 3.05) is 0 Å². The minimum Gasteiger partial charge on any atom is -0.361 e. The minimum atomic E-state index is 1.04. The molecule has 0 fully saturated rings. The van der Waals surface area contributed by atoms with Crippen LogP contribution in [0.5, 0.6) is 0 Å². The zero-order chi connectivity index (χ0) is 12.4. The molecule has 1 aliphatic heterocycles. The second-order valence-electron chi connectivity index (χ2n) is 4.51. The molecule has 1 N–H and O–H groups in total. The van der Waals surface area contributed by atoms with E-state index in [2.05, 4.69) is 49.9 Å². The van der Waals surface area contributed by atoms with Crippen LogP contribution in [-0.4, -0.2) is 11.2 Å². The first-order valence-corrected chi connectivity index (χ1v) is 6.30.